The van der Waals surface area contributed by atoms with Crippen molar-refractivity contribution in [2.45, 2.75) is 104 Å². The number of hydrogen-bond acceptors (Lipinski definition) is 0. The molecule has 0 spiro atoms. The summed E-state index contributed by atoms with van der Waals surface area (Å²) in [5.74, 6) is 0. The average molecular weight is 253 g/mol. The van der Waals surface area contributed by atoms with Crippen molar-refractivity contribution in [3.8, 4) is 0 Å². The smallest absolute Gasteiger partial charge is 0.0354 e. The predicted molar refractivity (Wildman–Crippen MR) is 84.8 cm³/mol. The van der Waals surface area contributed by atoms with E-state index in [9.17, 15) is 0 Å². The van der Waals surface area contributed by atoms with E-state index in [1.54, 1.807) is 0 Å². The van der Waals surface area contributed by atoms with Crippen LogP contribution >= 0.6 is 0 Å². The van der Waals surface area contributed by atoms with Gasteiger partial charge in [-0.1, -0.05) is 97.8 Å². The van der Waals surface area contributed by atoms with Crippen LogP contribution < -0.4 is 0 Å². The maximum atomic E-state index is 4.16. The Balaban J connectivity index is 2.99. The first-order valence-corrected chi connectivity index (χ1v) is 8.41. The molecule has 1 radical (unpaired) electrons. The summed E-state index contributed by atoms with van der Waals surface area (Å²) in [5, 5.41) is 0. The lowest BCUT2D eigenvalue weighted by Gasteiger charge is -2.17. The highest BCUT2D eigenvalue weighted by atomic mass is 14.1. The molecule has 18 heavy (non-hydrogen) atoms. The molecule has 0 rings (SSSR count). The Hall–Kier alpha value is 0. The molecule has 0 heterocycles. The van der Waals surface area contributed by atoms with Gasteiger partial charge in [-0.2, -0.15) is 0 Å². The highest BCUT2D eigenvalue weighted by Gasteiger charge is 2.08. The van der Waals surface area contributed by atoms with E-state index in [4.69, 9.17) is 0 Å². The molecule has 0 aliphatic carbocycles. The fourth-order valence-electron chi connectivity index (χ4n) is 2.44. The number of unbranched alkanes of at least 4 members (excludes halogenated alkanes) is 11. The van der Waals surface area contributed by atoms with Crippen molar-refractivity contribution in [3.05, 3.63) is 6.92 Å². The second-order valence-corrected chi connectivity index (χ2v) is 6.80. The van der Waals surface area contributed by atoms with Crippen LogP contribution in [0.15, 0.2) is 0 Å². The maximum Gasteiger partial charge on any atom is -0.0354 e. The van der Waals surface area contributed by atoms with Gasteiger partial charge < -0.3 is 0 Å². The van der Waals surface area contributed by atoms with E-state index in [1.165, 1.54) is 83.5 Å². The van der Waals surface area contributed by atoms with E-state index >= 15 is 0 Å². The summed E-state index contributed by atoms with van der Waals surface area (Å²) >= 11 is 0. The third kappa shape index (κ3) is 16.0. The van der Waals surface area contributed by atoms with Crippen LogP contribution in [-0.2, 0) is 0 Å². The summed E-state index contributed by atoms with van der Waals surface area (Å²) in [5.41, 5.74) is 0.290. The van der Waals surface area contributed by atoms with Gasteiger partial charge >= 0.3 is 0 Å². The second kappa shape index (κ2) is 12.1. The Morgan fingerprint density at radius 2 is 0.944 bits per heavy atom. The van der Waals surface area contributed by atoms with E-state index in [0.29, 0.717) is 5.41 Å². The van der Waals surface area contributed by atoms with Crippen LogP contribution in [0.4, 0.5) is 0 Å². The normalized spacial score (nSPS) is 12.0. The van der Waals surface area contributed by atoms with Crippen molar-refractivity contribution in [1.29, 1.82) is 0 Å². The van der Waals surface area contributed by atoms with Crippen molar-refractivity contribution in [2.75, 3.05) is 0 Å². The monoisotopic (exact) mass is 253 g/mol. The van der Waals surface area contributed by atoms with Gasteiger partial charge in [0.05, 0.1) is 0 Å². The third-order valence-corrected chi connectivity index (χ3v) is 3.71. The molecule has 0 amide bonds. The van der Waals surface area contributed by atoms with Crippen molar-refractivity contribution >= 4 is 0 Å². The Morgan fingerprint density at radius 1 is 0.611 bits per heavy atom. The topological polar surface area (TPSA) is 0 Å². The van der Waals surface area contributed by atoms with Gasteiger partial charge in [-0.05, 0) is 18.8 Å². The number of rotatable bonds is 13. The molecular formula is C18H37. The maximum absolute atomic E-state index is 4.16. The molecule has 0 heteroatoms. The summed E-state index contributed by atoms with van der Waals surface area (Å²) in [6.45, 7) is 10.9. The molecule has 0 fully saturated rings. The zero-order chi connectivity index (χ0) is 13.7. The van der Waals surface area contributed by atoms with Crippen LogP contribution in [0.3, 0.4) is 0 Å². The van der Waals surface area contributed by atoms with Crippen LogP contribution in [0.5, 0.6) is 0 Å². The second-order valence-electron chi connectivity index (χ2n) is 6.80. The largest absolute Gasteiger partial charge is 0.0654 e. The lowest BCUT2D eigenvalue weighted by atomic mass is 9.89. The first kappa shape index (κ1) is 18.0. The van der Waals surface area contributed by atoms with E-state index in [-0.39, 0.29) is 0 Å². The minimum absolute atomic E-state index is 0.290. The molecule has 0 aromatic heterocycles. The Morgan fingerprint density at radius 3 is 1.28 bits per heavy atom. The van der Waals surface area contributed by atoms with E-state index in [2.05, 4.69) is 27.7 Å². The molecule has 0 nitrogen and oxygen atoms in total. The lowest BCUT2D eigenvalue weighted by Crippen LogP contribution is -2.04. The molecular weight excluding hydrogens is 216 g/mol. The van der Waals surface area contributed by atoms with Crippen molar-refractivity contribution < 1.29 is 0 Å². The van der Waals surface area contributed by atoms with E-state index in [1.807, 2.05) is 0 Å². The number of hydrogen-bond donors (Lipinski definition) is 0. The van der Waals surface area contributed by atoms with Crippen LogP contribution in [0.1, 0.15) is 104 Å². The van der Waals surface area contributed by atoms with Gasteiger partial charge in [0.1, 0.15) is 0 Å². The van der Waals surface area contributed by atoms with E-state index in [0.717, 1.165) is 0 Å². The summed E-state index contributed by atoms with van der Waals surface area (Å²) in [6.07, 6.45) is 18.5. The zero-order valence-corrected chi connectivity index (χ0v) is 13.4. The molecule has 0 aromatic rings. The standard InChI is InChI=1S/C18H37/c1-5-6-7-8-9-10-11-12-13-14-15-16-17-18(2,3)4/h2,5-17H2,1,3-4H3. The van der Waals surface area contributed by atoms with Gasteiger partial charge in [-0.3, -0.25) is 0 Å². The Kier molecular flexibility index (Phi) is 12.1. The van der Waals surface area contributed by atoms with Gasteiger partial charge in [-0.15, -0.1) is 0 Å². The molecule has 0 aliphatic heterocycles. The highest BCUT2D eigenvalue weighted by Crippen LogP contribution is 2.22. The first-order valence-electron chi connectivity index (χ1n) is 8.41. The molecule has 0 atom stereocenters. The molecule has 0 aromatic carbocycles. The van der Waals surface area contributed by atoms with Crippen LogP contribution in [-0.4, -0.2) is 0 Å². The average Bonchev–Trinajstić information content (AvgIpc) is 2.29. The van der Waals surface area contributed by atoms with Crippen molar-refractivity contribution in [2.24, 2.45) is 5.41 Å². The first-order chi connectivity index (χ1) is 8.56. The van der Waals surface area contributed by atoms with Gasteiger partial charge in [0.15, 0.2) is 0 Å². The molecule has 0 unspecified atom stereocenters. The summed E-state index contributed by atoms with van der Waals surface area (Å²) in [7, 11) is 0. The molecule has 0 N–H and O–H groups in total. The SMILES string of the molecule is [CH2]C(C)(C)CCCCCCCCCCCCCC. The fourth-order valence-corrected chi connectivity index (χ4v) is 2.44. The lowest BCUT2D eigenvalue weighted by molar-refractivity contribution is 0.403. The summed E-state index contributed by atoms with van der Waals surface area (Å²) < 4.78 is 0. The summed E-state index contributed by atoms with van der Waals surface area (Å²) in [6, 6.07) is 0. The molecule has 0 saturated heterocycles. The minimum Gasteiger partial charge on any atom is -0.0654 e. The quantitative estimate of drug-likeness (QED) is 0.312. The van der Waals surface area contributed by atoms with Crippen molar-refractivity contribution in [1.82, 2.24) is 0 Å². The van der Waals surface area contributed by atoms with Crippen LogP contribution in [0.25, 0.3) is 0 Å². The predicted octanol–water partition coefficient (Wildman–Crippen LogP) is 6.94. The molecule has 0 saturated carbocycles. The van der Waals surface area contributed by atoms with Crippen LogP contribution in [0.2, 0.25) is 0 Å². The van der Waals surface area contributed by atoms with Crippen LogP contribution in [0, 0.1) is 12.3 Å². The van der Waals surface area contributed by atoms with Crippen molar-refractivity contribution in [3.63, 3.8) is 0 Å². The molecule has 109 valence electrons. The minimum atomic E-state index is 0.290. The Labute approximate surface area is 117 Å². The van der Waals surface area contributed by atoms with Gasteiger partial charge in [0.2, 0.25) is 0 Å². The fraction of sp³-hybridized carbons (Fsp3) is 0.944. The zero-order valence-electron chi connectivity index (χ0n) is 13.4. The van der Waals surface area contributed by atoms with Gasteiger partial charge in [-0.25, -0.2) is 0 Å². The third-order valence-electron chi connectivity index (χ3n) is 3.71. The highest BCUT2D eigenvalue weighted by molar-refractivity contribution is 4.69. The summed E-state index contributed by atoms with van der Waals surface area (Å²) in [4.78, 5) is 0. The van der Waals surface area contributed by atoms with Gasteiger partial charge in [0, 0.05) is 0 Å². The van der Waals surface area contributed by atoms with Gasteiger partial charge in [0.25, 0.3) is 0 Å². The van der Waals surface area contributed by atoms with E-state index < -0.39 is 0 Å². The molecule has 0 aliphatic rings. The molecule has 0 bridgehead atoms. The Bertz CT molecular complexity index is 152.